The van der Waals surface area contributed by atoms with Gasteiger partial charge in [-0.2, -0.15) is 0 Å². The van der Waals surface area contributed by atoms with Crippen molar-refractivity contribution in [2.24, 2.45) is 5.41 Å². The van der Waals surface area contributed by atoms with Gasteiger partial charge in [-0.1, -0.05) is 64.1 Å². The second-order valence-corrected chi connectivity index (χ2v) is 4.64. The molecule has 0 saturated heterocycles. The molecule has 0 heterocycles. The zero-order valence-corrected chi connectivity index (χ0v) is 9.51. The summed E-state index contributed by atoms with van der Waals surface area (Å²) in [4.78, 5) is 0. The van der Waals surface area contributed by atoms with Gasteiger partial charge in [0.05, 0.1) is 0 Å². The number of hydrogen-bond acceptors (Lipinski definition) is 0. The first kappa shape index (κ1) is 11.0. The summed E-state index contributed by atoms with van der Waals surface area (Å²) in [5.74, 6) is 0. The van der Waals surface area contributed by atoms with Crippen LogP contribution in [0.25, 0.3) is 6.08 Å². The Morgan fingerprint density at radius 3 is 2.64 bits per heavy atom. The van der Waals surface area contributed by atoms with Gasteiger partial charge in [-0.05, 0) is 23.0 Å². The zero-order valence-electron chi connectivity index (χ0n) is 9.51. The standard InChI is InChI=1S/C14H20/c1-5-12-8-7-9-13(10-12)11-14(3,4)6-2/h5,7-10H,1,6,11H2,2-4H3. The van der Waals surface area contributed by atoms with Gasteiger partial charge in [0.15, 0.2) is 0 Å². The molecule has 14 heavy (non-hydrogen) atoms. The molecule has 0 N–H and O–H groups in total. The summed E-state index contributed by atoms with van der Waals surface area (Å²) >= 11 is 0. The lowest BCUT2D eigenvalue weighted by Crippen LogP contribution is -2.13. The van der Waals surface area contributed by atoms with E-state index < -0.39 is 0 Å². The van der Waals surface area contributed by atoms with Gasteiger partial charge >= 0.3 is 0 Å². The van der Waals surface area contributed by atoms with E-state index in [4.69, 9.17) is 0 Å². The molecule has 1 aromatic carbocycles. The molecule has 0 aliphatic rings. The Bertz CT molecular complexity index is 308. The number of rotatable bonds is 4. The summed E-state index contributed by atoms with van der Waals surface area (Å²) in [6, 6.07) is 8.63. The minimum absolute atomic E-state index is 0.403. The molecule has 0 aliphatic carbocycles. The highest BCUT2D eigenvalue weighted by Gasteiger charge is 2.15. The van der Waals surface area contributed by atoms with Crippen molar-refractivity contribution in [3.05, 3.63) is 42.0 Å². The van der Waals surface area contributed by atoms with Crippen LogP contribution in [-0.2, 0) is 6.42 Å². The highest BCUT2D eigenvalue weighted by Crippen LogP contribution is 2.25. The van der Waals surface area contributed by atoms with Crippen LogP contribution >= 0.6 is 0 Å². The van der Waals surface area contributed by atoms with Crippen LogP contribution in [0.1, 0.15) is 38.3 Å². The molecule has 0 heteroatoms. The van der Waals surface area contributed by atoms with E-state index in [-0.39, 0.29) is 0 Å². The van der Waals surface area contributed by atoms with Gasteiger partial charge in [-0.25, -0.2) is 0 Å². The van der Waals surface area contributed by atoms with Gasteiger partial charge in [-0.3, -0.25) is 0 Å². The first-order valence-electron chi connectivity index (χ1n) is 5.29. The molecule has 0 radical (unpaired) electrons. The average Bonchev–Trinajstić information content (AvgIpc) is 2.17. The van der Waals surface area contributed by atoms with Crippen LogP contribution in [0.15, 0.2) is 30.8 Å². The largest absolute Gasteiger partial charge is 0.0985 e. The fraction of sp³-hybridized carbons (Fsp3) is 0.429. The minimum Gasteiger partial charge on any atom is -0.0985 e. The summed E-state index contributed by atoms with van der Waals surface area (Å²) in [6.07, 6.45) is 4.26. The third-order valence-corrected chi connectivity index (χ3v) is 2.83. The summed E-state index contributed by atoms with van der Waals surface area (Å²) in [7, 11) is 0. The molecular formula is C14H20. The van der Waals surface area contributed by atoms with E-state index in [9.17, 15) is 0 Å². The van der Waals surface area contributed by atoms with E-state index in [0.29, 0.717) is 5.41 Å². The molecule has 0 saturated carbocycles. The molecular weight excluding hydrogens is 168 g/mol. The number of hydrogen-bond donors (Lipinski definition) is 0. The van der Waals surface area contributed by atoms with Gasteiger partial charge in [-0.15, -0.1) is 0 Å². The topological polar surface area (TPSA) is 0 Å². The monoisotopic (exact) mass is 188 g/mol. The molecule has 0 aromatic heterocycles. The van der Waals surface area contributed by atoms with E-state index in [1.54, 1.807) is 0 Å². The lowest BCUT2D eigenvalue weighted by Gasteiger charge is -2.22. The predicted octanol–water partition coefficient (Wildman–Crippen LogP) is 4.31. The van der Waals surface area contributed by atoms with Crippen molar-refractivity contribution in [3.63, 3.8) is 0 Å². The third kappa shape index (κ3) is 3.02. The van der Waals surface area contributed by atoms with Crippen LogP contribution in [-0.4, -0.2) is 0 Å². The molecule has 0 bridgehead atoms. The maximum Gasteiger partial charge on any atom is -0.0227 e. The van der Waals surface area contributed by atoms with Crippen LogP contribution in [0, 0.1) is 5.41 Å². The van der Waals surface area contributed by atoms with E-state index in [1.807, 2.05) is 6.08 Å². The summed E-state index contributed by atoms with van der Waals surface area (Å²) in [5.41, 5.74) is 3.03. The number of benzene rings is 1. The van der Waals surface area contributed by atoms with Crippen molar-refractivity contribution < 1.29 is 0 Å². The van der Waals surface area contributed by atoms with Crippen molar-refractivity contribution in [1.82, 2.24) is 0 Å². The molecule has 0 fully saturated rings. The maximum atomic E-state index is 3.79. The molecule has 0 aliphatic heterocycles. The van der Waals surface area contributed by atoms with Crippen molar-refractivity contribution in [3.8, 4) is 0 Å². The predicted molar refractivity (Wildman–Crippen MR) is 64.3 cm³/mol. The molecule has 76 valence electrons. The van der Waals surface area contributed by atoms with Crippen LogP contribution in [0.3, 0.4) is 0 Å². The Morgan fingerprint density at radius 2 is 2.07 bits per heavy atom. The Hall–Kier alpha value is -1.04. The average molecular weight is 188 g/mol. The third-order valence-electron chi connectivity index (χ3n) is 2.83. The molecule has 0 nitrogen and oxygen atoms in total. The summed E-state index contributed by atoms with van der Waals surface area (Å²) < 4.78 is 0. The summed E-state index contributed by atoms with van der Waals surface area (Å²) in [6.45, 7) is 10.7. The molecule has 1 rings (SSSR count). The smallest absolute Gasteiger partial charge is 0.0227 e. The van der Waals surface area contributed by atoms with Gasteiger partial charge in [0, 0.05) is 0 Å². The second kappa shape index (κ2) is 4.45. The van der Waals surface area contributed by atoms with Gasteiger partial charge in [0.25, 0.3) is 0 Å². The highest BCUT2D eigenvalue weighted by molar-refractivity contribution is 5.48. The van der Waals surface area contributed by atoms with Crippen LogP contribution in [0.2, 0.25) is 0 Å². The van der Waals surface area contributed by atoms with Crippen molar-refractivity contribution in [2.75, 3.05) is 0 Å². The van der Waals surface area contributed by atoms with E-state index in [1.165, 1.54) is 17.5 Å². The van der Waals surface area contributed by atoms with Crippen LogP contribution in [0.5, 0.6) is 0 Å². The van der Waals surface area contributed by atoms with Crippen LogP contribution in [0.4, 0.5) is 0 Å². The fourth-order valence-electron chi connectivity index (χ4n) is 1.51. The highest BCUT2D eigenvalue weighted by atomic mass is 14.2. The van der Waals surface area contributed by atoms with Gasteiger partial charge in [0.1, 0.15) is 0 Å². The second-order valence-electron chi connectivity index (χ2n) is 4.64. The molecule has 0 atom stereocenters. The first-order valence-corrected chi connectivity index (χ1v) is 5.29. The van der Waals surface area contributed by atoms with Crippen molar-refractivity contribution in [2.45, 2.75) is 33.6 Å². The Labute approximate surface area is 87.7 Å². The quantitative estimate of drug-likeness (QED) is 0.660. The van der Waals surface area contributed by atoms with E-state index in [0.717, 1.165) is 6.42 Å². The van der Waals surface area contributed by atoms with E-state index >= 15 is 0 Å². The SMILES string of the molecule is C=Cc1cccc(CC(C)(C)CC)c1. The molecule has 0 amide bonds. The van der Waals surface area contributed by atoms with E-state index in [2.05, 4.69) is 51.6 Å². The Kier molecular flexibility index (Phi) is 3.51. The summed E-state index contributed by atoms with van der Waals surface area (Å²) in [5, 5.41) is 0. The Morgan fingerprint density at radius 1 is 1.36 bits per heavy atom. The maximum absolute atomic E-state index is 3.79. The Balaban J connectivity index is 2.81. The first-order chi connectivity index (χ1) is 6.57. The van der Waals surface area contributed by atoms with Gasteiger partial charge < -0.3 is 0 Å². The fourth-order valence-corrected chi connectivity index (χ4v) is 1.51. The molecule has 0 unspecified atom stereocenters. The lowest BCUT2D eigenvalue weighted by atomic mass is 9.83. The zero-order chi connectivity index (χ0) is 10.6. The van der Waals surface area contributed by atoms with Crippen molar-refractivity contribution in [1.29, 1.82) is 0 Å². The minimum atomic E-state index is 0.403. The van der Waals surface area contributed by atoms with Crippen LogP contribution < -0.4 is 0 Å². The molecule has 0 spiro atoms. The molecule has 1 aromatic rings. The van der Waals surface area contributed by atoms with Gasteiger partial charge in [0.2, 0.25) is 0 Å². The lowest BCUT2D eigenvalue weighted by molar-refractivity contribution is 0.349. The van der Waals surface area contributed by atoms with Crippen molar-refractivity contribution >= 4 is 6.08 Å². The normalized spacial score (nSPS) is 11.4.